The zero-order chi connectivity index (χ0) is 15.3. The minimum Gasteiger partial charge on any atom is -0.378 e. The van der Waals surface area contributed by atoms with Crippen LogP contribution in [0.3, 0.4) is 0 Å². The van der Waals surface area contributed by atoms with Crippen molar-refractivity contribution in [3.8, 4) is 0 Å². The molecule has 0 bridgehead atoms. The minimum absolute atomic E-state index is 0.00577. The van der Waals surface area contributed by atoms with E-state index in [0.29, 0.717) is 18.0 Å². The second kappa shape index (κ2) is 7.17. The maximum atomic E-state index is 12.3. The molecule has 1 N–H and O–H groups in total. The first-order valence-corrected chi connectivity index (χ1v) is 8.21. The zero-order valence-corrected chi connectivity index (χ0v) is 13.7. The molecule has 0 aromatic heterocycles. The van der Waals surface area contributed by atoms with Crippen LogP contribution in [0, 0.1) is 5.41 Å². The number of carbonyl (C=O) groups is 1. The van der Waals surface area contributed by atoms with Crippen molar-refractivity contribution in [1.82, 2.24) is 5.32 Å². The number of anilines is 1. The molecular formula is C17H25ClN2O. The molecule has 0 atom stereocenters. The number of nitrogens with zero attached hydrogens (tertiary/aromatic N) is 1. The van der Waals surface area contributed by atoms with Crippen molar-refractivity contribution in [3.63, 3.8) is 0 Å². The lowest BCUT2D eigenvalue weighted by atomic mass is 9.75. The van der Waals surface area contributed by atoms with Crippen LogP contribution in [0.2, 0.25) is 0 Å². The predicted octanol–water partition coefficient (Wildman–Crippen LogP) is 3.67. The summed E-state index contributed by atoms with van der Waals surface area (Å²) < 4.78 is 0. The van der Waals surface area contributed by atoms with Crippen LogP contribution in [0.25, 0.3) is 0 Å². The highest BCUT2D eigenvalue weighted by molar-refractivity contribution is 6.18. The maximum Gasteiger partial charge on any atom is 0.251 e. The molecule has 1 aliphatic carbocycles. The molecule has 1 aliphatic rings. The Hall–Kier alpha value is -1.22. The van der Waals surface area contributed by atoms with Crippen molar-refractivity contribution in [2.45, 2.75) is 32.1 Å². The summed E-state index contributed by atoms with van der Waals surface area (Å²) >= 11 is 6.18. The molecule has 4 heteroatoms. The lowest BCUT2D eigenvalue weighted by Gasteiger charge is -2.35. The van der Waals surface area contributed by atoms with E-state index >= 15 is 0 Å². The second-order valence-electron chi connectivity index (χ2n) is 6.32. The summed E-state index contributed by atoms with van der Waals surface area (Å²) in [6.07, 6.45) is 5.97. The summed E-state index contributed by atoms with van der Waals surface area (Å²) in [7, 11) is 3.95. The average Bonchev–Trinajstić information content (AvgIpc) is 2.53. The summed E-state index contributed by atoms with van der Waals surface area (Å²) in [5.41, 5.74) is 1.84. The molecule has 0 unspecified atom stereocenters. The Morgan fingerprint density at radius 2 is 2.00 bits per heavy atom. The third-order valence-electron chi connectivity index (χ3n) is 4.45. The van der Waals surface area contributed by atoms with Crippen molar-refractivity contribution in [2.75, 3.05) is 31.4 Å². The van der Waals surface area contributed by atoms with Crippen molar-refractivity contribution in [1.29, 1.82) is 0 Å². The molecule has 1 aromatic rings. The lowest BCUT2D eigenvalue weighted by molar-refractivity contribution is 0.0921. The molecule has 116 valence electrons. The number of carbonyl (C=O) groups excluding carboxylic acids is 1. The number of amides is 1. The molecule has 3 nitrogen and oxygen atoms in total. The van der Waals surface area contributed by atoms with E-state index < -0.39 is 0 Å². The number of hydrogen-bond acceptors (Lipinski definition) is 2. The fourth-order valence-corrected chi connectivity index (χ4v) is 3.32. The standard InChI is InChI=1S/C17H25ClN2O/c1-20(2)15-8-6-7-14(11-15)16(21)19-13-17(12-18)9-4-3-5-10-17/h6-8,11H,3-5,9-10,12-13H2,1-2H3,(H,19,21). The number of benzene rings is 1. The first kappa shape index (κ1) is 16.2. The van der Waals surface area contributed by atoms with Crippen molar-refractivity contribution in [2.24, 2.45) is 5.41 Å². The monoisotopic (exact) mass is 308 g/mol. The lowest BCUT2D eigenvalue weighted by Crippen LogP contribution is -2.40. The molecular weight excluding hydrogens is 284 g/mol. The smallest absolute Gasteiger partial charge is 0.251 e. The molecule has 2 rings (SSSR count). The topological polar surface area (TPSA) is 32.3 Å². The average molecular weight is 309 g/mol. The van der Waals surface area contributed by atoms with Crippen LogP contribution < -0.4 is 10.2 Å². The van der Waals surface area contributed by atoms with Gasteiger partial charge >= 0.3 is 0 Å². The Kier molecular flexibility index (Phi) is 5.51. The molecule has 0 aliphatic heterocycles. The van der Waals surface area contributed by atoms with E-state index in [1.54, 1.807) is 0 Å². The molecule has 1 aromatic carbocycles. The summed E-state index contributed by atoms with van der Waals surface area (Å²) in [6, 6.07) is 7.69. The van der Waals surface area contributed by atoms with Gasteiger partial charge in [0.05, 0.1) is 0 Å². The number of alkyl halides is 1. The van der Waals surface area contributed by atoms with Gasteiger partial charge in [-0.1, -0.05) is 25.3 Å². The van der Waals surface area contributed by atoms with E-state index in [1.807, 2.05) is 43.3 Å². The highest BCUT2D eigenvalue weighted by Gasteiger charge is 2.31. The summed E-state index contributed by atoms with van der Waals surface area (Å²) in [6.45, 7) is 0.682. The number of hydrogen-bond donors (Lipinski definition) is 1. The Bertz CT molecular complexity index is 481. The van der Waals surface area contributed by atoms with Gasteiger partial charge in [0.1, 0.15) is 0 Å². The van der Waals surface area contributed by atoms with Crippen LogP contribution in [0.4, 0.5) is 5.69 Å². The Morgan fingerprint density at radius 3 is 2.62 bits per heavy atom. The molecule has 0 heterocycles. The fraction of sp³-hybridized carbons (Fsp3) is 0.588. The second-order valence-corrected chi connectivity index (χ2v) is 6.59. The van der Waals surface area contributed by atoms with Gasteiger partial charge in [0.15, 0.2) is 0 Å². The summed E-state index contributed by atoms with van der Waals surface area (Å²) in [4.78, 5) is 14.3. The largest absolute Gasteiger partial charge is 0.378 e. The third kappa shape index (κ3) is 4.13. The summed E-state index contributed by atoms with van der Waals surface area (Å²) in [5.74, 6) is 0.624. The molecule has 1 fully saturated rings. The van der Waals surface area contributed by atoms with Gasteiger partial charge < -0.3 is 10.2 Å². The van der Waals surface area contributed by atoms with Gasteiger partial charge in [0, 0.05) is 43.2 Å². The Morgan fingerprint density at radius 1 is 1.29 bits per heavy atom. The predicted molar refractivity (Wildman–Crippen MR) is 89.3 cm³/mol. The van der Waals surface area contributed by atoms with Crippen LogP contribution in [-0.4, -0.2) is 32.4 Å². The Labute approximate surface area is 132 Å². The van der Waals surface area contributed by atoms with E-state index in [0.717, 1.165) is 18.5 Å². The van der Waals surface area contributed by atoms with Gasteiger partial charge in [-0.15, -0.1) is 11.6 Å². The maximum absolute atomic E-state index is 12.3. The van der Waals surface area contributed by atoms with Gasteiger partial charge in [-0.05, 0) is 31.0 Å². The highest BCUT2D eigenvalue weighted by atomic mass is 35.5. The van der Waals surface area contributed by atoms with E-state index in [4.69, 9.17) is 11.6 Å². The van der Waals surface area contributed by atoms with Gasteiger partial charge in [0.25, 0.3) is 5.91 Å². The quantitative estimate of drug-likeness (QED) is 0.842. The number of nitrogens with one attached hydrogen (secondary N) is 1. The van der Waals surface area contributed by atoms with Crippen LogP contribution in [-0.2, 0) is 0 Å². The molecule has 0 saturated heterocycles. The third-order valence-corrected chi connectivity index (χ3v) is 5.01. The molecule has 1 saturated carbocycles. The normalized spacial score (nSPS) is 17.3. The zero-order valence-electron chi connectivity index (χ0n) is 13.0. The number of halogens is 1. The first-order chi connectivity index (χ1) is 10.1. The van der Waals surface area contributed by atoms with E-state index in [1.165, 1.54) is 19.3 Å². The van der Waals surface area contributed by atoms with Crippen LogP contribution >= 0.6 is 11.6 Å². The van der Waals surface area contributed by atoms with Crippen molar-refractivity contribution in [3.05, 3.63) is 29.8 Å². The van der Waals surface area contributed by atoms with E-state index in [-0.39, 0.29) is 11.3 Å². The molecule has 0 spiro atoms. The minimum atomic E-state index is -0.00577. The molecule has 21 heavy (non-hydrogen) atoms. The van der Waals surface area contributed by atoms with E-state index in [9.17, 15) is 4.79 Å². The van der Waals surface area contributed by atoms with Gasteiger partial charge in [0.2, 0.25) is 0 Å². The fourth-order valence-electron chi connectivity index (χ4n) is 2.95. The van der Waals surface area contributed by atoms with Crippen LogP contribution in [0.5, 0.6) is 0 Å². The van der Waals surface area contributed by atoms with Crippen LogP contribution in [0.1, 0.15) is 42.5 Å². The van der Waals surface area contributed by atoms with Crippen molar-refractivity contribution < 1.29 is 4.79 Å². The van der Waals surface area contributed by atoms with Gasteiger partial charge in [-0.25, -0.2) is 0 Å². The SMILES string of the molecule is CN(C)c1cccc(C(=O)NCC2(CCl)CCCCC2)c1. The van der Waals surface area contributed by atoms with Gasteiger partial charge in [-0.3, -0.25) is 4.79 Å². The van der Waals surface area contributed by atoms with Gasteiger partial charge in [-0.2, -0.15) is 0 Å². The van der Waals surface area contributed by atoms with Crippen LogP contribution in [0.15, 0.2) is 24.3 Å². The number of rotatable bonds is 5. The first-order valence-electron chi connectivity index (χ1n) is 7.68. The van der Waals surface area contributed by atoms with Crippen molar-refractivity contribution >= 4 is 23.2 Å². The molecule has 0 radical (unpaired) electrons. The molecule has 1 amide bonds. The van der Waals surface area contributed by atoms with E-state index in [2.05, 4.69) is 5.32 Å². The Balaban J connectivity index is 1.99. The highest BCUT2D eigenvalue weighted by Crippen LogP contribution is 2.36. The summed E-state index contributed by atoms with van der Waals surface area (Å²) in [5, 5.41) is 3.08.